The minimum Gasteiger partial charge on any atom is -0.464 e. The SMILES string of the molecule is COC(=O)c1cc2n(n1)CCN(C(=O)c1cnc3c(c1)ncn3Cc1ccccc1)C2. The molecule has 0 bridgehead atoms. The molecule has 1 aromatic carbocycles. The molecule has 0 unspecified atom stereocenters. The largest absolute Gasteiger partial charge is 0.464 e. The predicted octanol–water partition coefficient (Wildman–Crippen LogP) is 2.12. The van der Waals surface area contributed by atoms with Crippen LogP contribution in [-0.2, 0) is 24.4 Å². The summed E-state index contributed by atoms with van der Waals surface area (Å²) in [5.74, 6) is -0.611. The van der Waals surface area contributed by atoms with Crippen molar-refractivity contribution in [2.45, 2.75) is 19.6 Å². The lowest BCUT2D eigenvalue weighted by Crippen LogP contribution is -2.38. The maximum atomic E-state index is 13.1. The summed E-state index contributed by atoms with van der Waals surface area (Å²) in [6.45, 7) is 2.04. The zero-order chi connectivity index (χ0) is 21.4. The van der Waals surface area contributed by atoms with Gasteiger partial charge in [0.1, 0.15) is 5.52 Å². The van der Waals surface area contributed by atoms with E-state index in [-0.39, 0.29) is 11.6 Å². The quantitative estimate of drug-likeness (QED) is 0.473. The first-order valence-corrected chi connectivity index (χ1v) is 9.91. The van der Waals surface area contributed by atoms with Gasteiger partial charge in [-0.05, 0) is 17.7 Å². The van der Waals surface area contributed by atoms with E-state index < -0.39 is 5.97 Å². The number of esters is 1. The number of amides is 1. The number of nitrogens with zero attached hydrogens (tertiary/aromatic N) is 6. The minimum absolute atomic E-state index is 0.126. The van der Waals surface area contributed by atoms with Crippen molar-refractivity contribution in [3.8, 4) is 0 Å². The number of rotatable bonds is 4. The van der Waals surface area contributed by atoms with E-state index in [1.165, 1.54) is 7.11 Å². The zero-order valence-corrected chi connectivity index (χ0v) is 16.9. The van der Waals surface area contributed by atoms with Gasteiger partial charge in [-0.3, -0.25) is 9.48 Å². The molecule has 0 aliphatic carbocycles. The van der Waals surface area contributed by atoms with E-state index in [1.54, 1.807) is 34.2 Å². The molecule has 1 amide bonds. The Morgan fingerprint density at radius 1 is 1.10 bits per heavy atom. The topological polar surface area (TPSA) is 95.1 Å². The average molecular weight is 416 g/mol. The van der Waals surface area contributed by atoms with E-state index in [0.29, 0.717) is 37.3 Å². The Morgan fingerprint density at radius 2 is 1.94 bits per heavy atom. The van der Waals surface area contributed by atoms with Crippen LogP contribution in [0.1, 0.15) is 32.1 Å². The van der Waals surface area contributed by atoms with Crippen LogP contribution < -0.4 is 0 Å². The third kappa shape index (κ3) is 3.54. The number of hydrogen-bond acceptors (Lipinski definition) is 6. The van der Waals surface area contributed by atoms with Crippen molar-refractivity contribution >= 4 is 23.0 Å². The molecule has 0 spiro atoms. The Balaban J connectivity index is 1.35. The van der Waals surface area contributed by atoms with Crippen LogP contribution in [0.2, 0.25) is 0 Å². The normalized spacial score (nSPS) is 13.3. The molecule has 0 saturated heterocycles. The Kier molecular flexibility index (Phi) is 4.70. The number of pyridine rings is 1. The molecule has 4 heterocycles. The van der Waals surface area contributed by atoms with Gasteiger partial charge in [-0.25, -0.2) is 14.8 Å². The number of fused-ring (bicyclic) bond motifs is 2. The molecule has 0 N–H and O–H groups in total. The van der Waals surface area contributed by atoms with Crippen LogP contribution in [0.5, 0.6) is 0 Å². The Morgan fingerprint density at radius 3 is 2.74 bits per heavy atom. The third-order valence-corrected chi connectivity index (χ3v) is 5.38. The highest BCUT2D eigenvalue weighted by Crippen LogP contribution is 2.19. The summed E-state index contributed by atoms with van der Waals surface area (Å²) in [6, 6.07) is 13.5. The molecule has 0 fully saturated rings. The standard InChI is InChI=1S/C22H20N6O3/c1-31-22(30)19-10-17-13-26(7-8-28(17)25-19)21(29)16-9-18-20(23-11-16)27(14-24-18)12-15-5-3-2-4-6-15/h2-6,9-11,14H,7-8,12-13H2,1H3. The van der Waals surface area contributed by atoms with E-state index >= 15 is 0 Å². The fraction of sp³-hybridized carbons (Fsp3) is 0.227. The van der Waals surface area contributed by atoms with Crippen molar-refractivity contribution < 1.29 is 14.3 Å². The maximum Gasteiger partial charge on any atom is 0.358 e. The fourth-order valence-corrected chi connectivity index (χ4v) is 3.79. The highest BCUT2D eigenvalue weighted by Gasteiger charge is 2.25. The number of hydrogen-bond donors (Lipinski definition) is 0. The van der Waals surface area contributed by atoms with Crippen LogP contribution >= 0.6 is 0 Å². The second-order valence-corrected chi connectivity index (χ2v) is 7.39. The molecule has 3 aromatic heterocycles. The molecular weight excluding hydrogens is 396 g/mol. The van der Waals surface area contributed by atoms with Crippen molar-refractivity contribution in [1.29, 1.82) is 0 Å². The van der Waals surface area contributed by atoms with Crippen LogP contribution in [-0.4, -0.2) is 54.7 Å². The van der Waals surface area contributed by atoms with Crippen molar-refractivity contribution in [3.63, 3.8) is 0 Å². The van der Waals surface area contributed by atoms with E-state index in [0.717, 1.165) is 16.9 Å². The lowest BCUT2D eigenvalue weighted by Gasteiger charge is -2.27. The lowest BCUT2D eigenvalue weighted by atomic mass is 10.2. The molecule has 4 aromatic rings. The summed E-state index contributed by atoms with van der Waals surface area (Å²) < 4.78 is 8.43. The maximum absolute atomic E-state index is 13.1. The van der Waals surface area contributed by atoms with Crippen molar-refractivity contribution in [2.75, 3.05) is 13.7 Å². The van der Waals surface area contributed by atoms with Gasteiger partial charge in [0.15, 0.2) is 11.3 Å². The number of carbonyl (C=O) groups excluding carboxylic acids is 2. The molecular formula is C22H20N6O3. The van der Waals surface area contributed by atoms with E-state index in [4.69, 9.17) is 4.74 Å². The van der Waals surface area contributed by atoms with Crippen molar-refractivity contribution in [2.24, 2.45) is 0 Å². The Hall–Kier alpha value is -4.01. The van der Waals surface area contributed by atoms with Crippen molar-refractivity contribution in [3.05, 3.63) is 77.5 Å². The monoisotopic (exact) mass is 416 g/mol. The van der Waals surface area contributed by atoms with Crippen LogP contribution in [0.25, 0.3) is 11.2 Å². The van der Waals surface area contributed by atoms with Gasteiger partial charge in [0.05, 0.1) is 44.3 Å². The highest BCUT2D eigenvalue weighted by atomic mass is 16.5. The molecule has 0 radical (unpaired) electrons. The molecule has 5 rings (SSSR count). The van der Waals surface area contributed by atoms with Crippen LogP contribution in [0.15, 0.2) is 55.0 Å². The number of ether oxygens (including phenoxy) is 1. The predicted molar refractivity (Wildman–Crippen MR) is 111 cm³/mol. The lowest BCUT2D eigenvalue weighted by molar-refractivity contribution is 0.0591. The number of aromatic nitrogens is 5. The fourth-order valence-electron chi connectivity index (χ4n) is 3.79. The molecule has 9 nitrogen and oxygen atoms in total. The molecule has 1 aliphatic heterocycles. The van der Waals surface area contributed by atoms with Gasteiger partial charge in [0.2, 0.25) is 0 Å². The first-order chi connectivity index (χ1) is 15.1. The summed E-state index contributed by atoms with van der Waals surface area (Å²) in [5.41, 5.74) is 4.09. The number of benzene rings is 1. The summed E-state index contributed by atoms with van der Waals surface area (Å²) in [5, 5.41) is 4.25. The van der Waals surface area contributed by atoms with E-state index in [2.05, 4.69) is 27.2 Å². The average Bonchev–Trinajstić information content (AvgIpc) is 3.42. The first-order valence-electron chi connectivity index (χ1n) is 9.91. The molecule has 0 atom stereocenters. The second kappa shape index (κ2) is 7.67. The van der Waals surface area contributed by atoms with Crippen LogP contribution in [0, 0.1) is 0 Å². The minimum atomic E-state index is -0.486. The molecule has 31 heavy (non-hydrogen) atoms. The molecule has 156 valence electrons. The summed E-state index contributed by atoms with van der Waals surface area (Å²) in [6.07, 6.45) is 3.34. The van der Waals surface area contributed by atoms with Gasteiger partial charge >= 0.3 is 5.97 Å². The summed E-state index contributed by atoms with van der Waals surface area (Å²) in [7, 11) is 1.32. The molecule has 0 saturated carbocycles. The van der Waals surface area contributed by atoms with Gasteiger partial charge in [-0.15, -0.1) is 0 Å². The smallest absolute Gasteiger partial charge is 0.358 e. The molecule has 9 heteroatoms. The van der Waals surface area contributed by atoms with E-state index in [9.17, 15) is 9.59 Å². The summed E-state index contributed by atoms with van der Waals surface area (Å²) in [4.78, 5) is 35.5. The van der Waals surface area contributed by atoms with Gasteiger partial charge in [0, 0.05) is 12.7 Å². The van der Waals surface area contributed by atoms with Crippen LogP contribution in [0.3, 0.4) is 0 Å². The van der Waals surface area contributed by atoms with E-state index in [1.807, 2.05) is 22.8 Å². The summed E-state index contributed by atoms with van der Waals surface area (Å²) >= 11 is 0. The Labute approximate surface area is 177 Å². The third-order valence-electron chi connectivity index (χ3n) is 5.38. The van der Waals surface area contributed by atoms with Gasteiger partial charge < -0.3 is 14.2 Å². The second-order valence-electron chi connectivity index (χ2n) is 7.39. The van der Waals surface area contributed by atoms with Crippen LogP contribution in [0.4, 0.5) is 0 Å². The Bertz CT molecular complexity index is 1280. The van der Waals surface area contributed by atoms with Gasteiger partial charge in [0.25, 0.3) is 5.91 Å². The number of carbonyl (C=O) groups is 2. The zero-order valence-electron chi connectivity index (χ0n) is 16.9. The van der Waals surface area contributed by atoms with Gasteiger partial charge in [-0.2, -0.15) is 5.10 Å². The molecule has 1 aliphatic rings. The number of methoxy groups -OCH3 is 1. The first kappa shape index (κ1) is 19.0. The highest BCUT2D eigenvalue weighted by molar-refractivity contribution is 5.96. The van der Waals surface area contributed by atoms with Crippen molar-refractivity contribution in [1.82, 2.24) is 29.2 Å². The number of imidazole rings is 1. The van der Waals surface area contributed by atoms with Gasteiger partial charge in [-0.1, -0.05) is 30.3 Å².